The summed E-state index contributed by atoms with van der Waals surface area (Å²) in [6.45, 7) is 22.8. The van der Waals surface area contributed by atoms with Gasteiger partial charge in [0.05, 0.1) is 11.4 Å². The molecule has 0 radical (unpaired) electrons. The van der Waals surface area contributed by atoms with Crippen LogP contribution in [-0.4, -0.2) is 0 Å². The van der Waals surface area contributed by atoms with Gasteiger partial charge in [0.15, 0.2) is 11.2 Å². The van der Waals surface area contributed by atoms with E-state index in [1.54, 1.807) is 0 Å². The number of hydrogen-bond donors (Lipinski definition) is 0. The van der Waals surface area contributed by atoms with Crippen molar-refractivity contribution >= 4 is 99.5 Å². The van der Waals surface area contributed by atoms with Crippen molar-refractivity contribution in [3.63, 3.8) is 0 Å². The Balaban J connectivity index is 1.01. The summed E-state index contributed by atoms with van der Waals surface area (Å²) in [6.07, 6.45) is 0. The third kappa shape index (κ3) is 9.25. The van der Waals surface area contributed by atoms with Crippen LogP contribution in [0.1, 0.15) is 74.9 Å². The lowest BCUT2D eigenvalue weighted by Gasteiger charge is -2.38. The topological polar surface area (TPSA) is 32.8 Å². The molecule has 0 unspecified atom stereocenters. The van der Waals surface area contributed by atoms with Crippen molar-refractivity contribution in [1.29, 1.82) is 0 Å². The number of aryl methyl sites for hydroxylation is 4. The van der Waals surface area contributed by atoms with Crippen molar-refractivity contribution < 1.29 is 8.83 Å². The number of rotatable bonds is 10. The van der Waals surface area contributed by atoms with Crippen LogP contribution in [0.15, 0.2) is 276 Å². The molecule has 96 heavy (non-hydrogen) atoms. The standard InChI is InChI=1S/C92H74N2O2/c1-55-39-43-63(91(5,6)7)51-75(55)93(87-57(3)41-47-71-67-35-23-25-37-77(67)95-89(71)87)65-45-49-69-73(53-65)81(61-31-19-13-20-32-61)85-83(79(69)59-27-15-11-16-28-59)86-82(62-33-21-14-22-34-62)74-54-66(46-50-70(74)80(84(85)86)60-29-17-12-18-30-60)94(76-52-64(92(8,9)10)44-40-56(76)2)88-58(4)42-48-72-68-36-24-26-38-78(68)96-90(72)88/h11-54H,1-10H3. The summed E-state index contributed by atoms with van der Waals surface area (Å²) in [5, 5.41) is 9.08. The lowest BCUT2D eigenvalue weighted by Crippen LogP contribution is -2.17. The molecule has 0 aliphatic heterocycles. The molecule has 1 aliphatic carbocycles. The summed E-state index contributed by atoms with van der Waals surface area (Å²) in [5.74, 6) is 0. The molecule has 1 aliphatic rings. The zero-order valence-electron chi connectivity index (χ0n) is 56.1. The molecule has 0 bridgehead atoms. The van der Waals surface area contributed by atoms with Gasteiger partial charge in [-0.3, -0.25) is 0 Å². The summed E-state index contributed by atoms with van der Waals surface area (Å²) in [7, 11) is 0. The third-order valence-corrected chi connectivity index (χ3v) is 20.4. The van der Waals surface area contributed by atoms with Gasteiger partial charge in [-0.05, 0) is 209 Å². The highest BCUT2D eigenvalue weighted by Gasteiger charge is 2.40. The number of fused-ring (bicyclic) bond motifs is 12. The molecular formula is C92H74N2O2. The van der Waals surface area contributed by atoms with Gasteiger partial charge in [-0.15, -0.1) is 0 Å². The summed E-state index contributed by atoms with van der Waals surface area (Å²) in [5.41, 5.74) is 31.2. The molecule has 2 heterocycles. The van der Waals surface area contributed by atoms with E-state index >= 15 is 0 Å². The Labute approximate surface area is 562 Å². The Morgan fingerprint density at radius 2 is 0.552 bits per heavy atom. The first-order chi connectivity index (χ1) is 46.6. The van der Waals surface area contributed by atoms with Gasteiger partial charge in [-0.25, -0.2) is 0 Å². The van der Waals surface area contributed by atoms with Gasteiger partial charge in [-0.1, -0.05) is 260 Å². The van der Waals surface area contributed by atoms with E-state index in [1.807, 2.05) is 0 Å². The van der Waals surface area contributed by atoms with Crippen LogP contribution in [-0.2, 0) is 10.8 Å². The number of para-hydroxylation sites is 2. The minimum atomic E-state index is -0.112. The van der Waals surface area contributed by atoms with E-state index in [1.165, 1.54) is 88.3 Å². The lowest BCUT2D eigenvalue weighted by molar-refractivity contribution is 0.590. The second kappa shape index (κ2) is 22.2. The second-order valence-electron chi connectivity index (χ2n) is 28.5. The van der Waals surface area contributed by atoms with Crippen LogP contribution in [0, 0.1) is 27.7 Å². The van der Waals surface area contributed by atoms with Crippen LogP contribution in [0.5, 0.6) is 0 Å². The molecule has 0 spiro atoms. The van der Waals surface area contributed by atoms with Crippen LogP contribution in [0.2, 0.25) is 0 Å². The van der Waals surface area contributed by atoms with Gasteiger partial charge in [0, 0.05) is 44.3 Å². The highest BCUT2D eigenvalue weighted by Crippen LogP contribution is 2.66. The first-order valence-corrected chi connectivity index (χ1v) is 33.7. The molecule has 4 heteroatoms. The van der Waals surface area contributed by atoms with Gasteiger partial charge in [-0.2, -0.15) is 0 Å². The maximum atomic E-state index is 7.08. The molecule has 17 rings (SSSR count). The van der Waals surface area contributed by atoms with Crippen LogP contribution >= 0.6 is 0 Å². The van der Waals surface area contributed by atoms with Crippen LogP contribution in [0.25, 0.3) is 132 Å². The monoisotopic (exact) mass is 1240 g/mol. The Hall–Kier alpha value is -11.2. The van der Waals surface area contributed by atoms with Gasteiger partial charge in [0.1, 0.15) is 11.2 Å². The van der Waals surface area contributed by atoms with Gasteiger partial charge in [0.25, 0.3) is 0 Å². The SMILES string of the molecule is Cc1ccc(C(C)(C)C)cc1N(c1ccc2c(-c3ccccc3)c3c(c(-c4ccccc4)c2c1)-c1c-3c(-c2ccccc2)c2cc(N(c3cc(C(C)(C)C)ccc3C)c3c(C)ccc4c3oc3ccccc34)ccc2c1-c1ccccc1)c1c(C)ccc2c1oc1ccccc12. The fourth-order valence-corrected chi connectivity index (χ4v) is 15.5. The summed E-state index contributed by atoms with van der Waals surface area (Å²) >= 11 is 0. The van der Waals surface area contributed by atoms with Crippen molar-refractivity contribution in [2.24, 2.45) is 0 Å². The Kier molecular flexibility index (Phi) is 13.6. The minimum absolute atomic E-state index is 0.112. The number of benzene rings is 14. The summed E-state index contributed by atoms with van der Waals surface area (Å²) < 4.78 is 14.2. The highest BCUT2D eigenvalue weighted by molar-refractivity contribution is 6.33. The molecule has 0 amide bonds. The van der Waals surface area contributed by atoms with Crippen LogP contribution in [0.3, 0.4) is 0 Å². The van der Waals surface area contributed by atoms with E-state index in [9.17, 15) is 0 Å². The van der Waals surface area contributed by atoms with Gasteiger partial charge >= 0.3 is 0 Å². The van der Waals surface area contributed by atoms with Crippen molar-refractivity contribution in [2.75, 3.05) is 9.80 Å². The quantitative estimate of drug-likeness (QED) is 0.137. The smallest absolute Gasteiger partial charge is 0.159 e. The van der Waals surface area contributed by atoms with Crippen LogP contribution in [0.4, 0.5) is 34.1 Å². The number of nitrogens with zero attached hydrogens (tertiary/aromatic N) is 2. The molecule has 0 fully saturated rings. The Morgan fingerprint density at radius 1 is 0.250 bits per heavy atom. The fourth-order valence-electron chi connectivity index (χ4n) is 15.5. The third-order valence-electron chi connectivity index (χ3n) is 20.4. The summed E-state index contributed by atoms with van der Waals surface area (Å²) in [6, 6.07) is 99.3. The molecule has 0 N–H and O–H groups in total. The van der Waals surface area contributed by atoms with Crippen molar-refractivity contribution in [3.05, 3.63) is 300 Å². The lowest BCUT2D eigenvalue weighted by atomic mass is 9.65. The molecule has 0 saturated carbocycles. The van der Waals surface area contributed by atoms with E-state index in [2.05, 4.69) is 346 Å². The summed E-state index contributed by atoms with van der Waals surface area (Å²) in [4.78, 5) is 5.01. The van der Waals surface area contributed by atoms with Crippen molar-refractivity contribution in [3.8, 4) is 66.8 Å². The van der Waals surface area contributed by atoms with E-state index in [0.29, 0.717) is 0 Å². The van der Waals surface area contributed by atoms with E-state index in [4.69, 9.17) is 8.83 Å². The largest absolute Gasteiger partial charge is 0.454 e. The van der Waals surface area contributed by atoms with Crippen molar-refractivity contribution in [2.45, 2.75) is 80.1 Å². The number of hydrogen-bond acceptors (Lipinski definition) is 4. The maximum absolute atomic E-state index is 7.08. The molecule has 0 atom stereocenters. The molecule has 464 valence electrons. The number of furan rings is 2. The van der Waals surface area contributed by atoms with Gasteiger partial charge in [0.2, 0.25) is 0 Å². The van der Waals surface area contributed by atoms with E-state index in [-0.39, 0.29) is 10.8 Å². The van der Waals surface area contributed by atoms with Crippen molar-refractivity contribution in [1.82, 2.24) is 0 Å². The fraction of sp³-hybridized carbons (Fsp3) is 0.130. The van der Waals surface area contributed by atoms with E-state index in [0.717, 1.165) is 111 Å². The zero-order chi connectivity index (χ0) is 65.5. The molecule has 16 aromatic rings. The minimum Gasteiger partial charge on any atom is -0.454 e. The van der Waals surface area contributed by atoms with Gasteiger partial charge < -0.3 is 18.6 Å². The maximum Gasteiger partial charge on any atom is 0.159 e. The zero-order valence-corrected chi connectivity index (χ0v) is 56.1. The number of anilines is 6. The molecule has 0 saturated heterocycles. The normalized spacial score (nSPS) is 12.3. The molecule has 14 aromatic carbocycles. The first kappa shape index (κ1) is 58.6. The molecule has 4 nitrogen and oxygen atoms in total. The Morgan fingerprint density at radius 3 is 0.896 bits per heavy atom. The second-order valence-corrected chi connectivity index (χ2v) is 28.5. The average Bonchev–Trinajstić information content (AvgIpc) is 0.767. The van der Waals surface area contributed by atoms with Crippen LogP contribution < -0.4 is 9.80 Å². The first-order valence-electron chi connectivity index (χ1n) is 33.7. The van der Waals surface area contributed by atoms with E-state index < -0.39 is 0 Å². The average molecular weight is 1240 g/mol. The molecule has 2 aromatic heterocycles. The predicted molar refractivity (Wildman–Crippen MR) is 408 cm³/mol. The Bertz CT molecular complexity index is 5450. The predicted octanol–water partition coefficient (Wildman–Crippen LogP) is 26.9. The highest BCUT2D eigenvalue weighted by atomic mass is 16.3. The molecular weight excluding hydrogens is 1170 g/mol.